The van der Waals surface area contributed by atoms with Crippen molar-refractivity contribution in [2.24, 2.45) is 0 Å². The summed E-state index contributed by atoms with van der Waals surface area (Å²) in [6.45, 7) is 9.22. The van der Waals surface area contributed by atoms with Crippen LogP contribution in [0.3, 0.4) is 0 Å². The highest BCUT2D eigenvalue weighted by Crippen LogP contribution is 2.29. The first-order valence-electron chi connectivity index (χ1n) is 11.3. The molecule has 3 heterocycles. The zero-order valence-corrected chi connectivity index (χ0v) is 21.8. The van der Waals surface area contributed by atoms with Crippen LogP contribution in [0.2, 0.25) is 0 Å². The van der Waals surface area contributed by atoms with E-state index in [9.17, 15) is 18.0 Å². The molecule has 2 aromatic heterocycles. The number of rotatable bonds is 10. The van der Waals surface area contributed by atoms with Crippen molar-refractivity contribution in [3.63, 3.8) is 0 Å². The predicted molar refractivity (Wildman–Crippen MR) is 133 cm³/mol. The van der Waals surface area contributed by atoms with Crippen molar-refractivity contribution in [1.82, 2.24) is 14.5 Å². The lowest BCUT2D eigenvalue weighted by atomic mass is 10.2. The van der Waals surface area contributed by atoms with E-state index >= 15 is 0 Å². The standard InChI is InChI=1S/C22H33N3O4S3/c1-5-7-10-24(17-9-12-32(28,29)14-17)18(26)13-30-22-23-20-19(15(3)16(4)31-20)21(27)25(22)11-8-6-2/h17H,5-14H2,1-4H3/t17-/m0/s1. The summed E-state index contributed by atoms with van der Waals surface area (Å²) in [6.07, 6.45) is 4.09. The molecule has 0 radical (unpaired) electrons. The number of hydrogen-bond acceptors (Lipinski definition) is 7. The second-order valence-electron chi connectivity index (χ2n) is 8.45. The van der Waals surface area contributed by atoms with E-state index in [-0.39, 0.29) is 34.8 Å². The SMILES string of the molecule is CCCCN(C(=O)CSc1nc2sc(C)c(C)c2c(=O)n1CCCC)[C@H]1CCS(=O)(=O)C1. The Morgan fingerprint density at radius 1 is 1.25 bits per heavy atom. The minimum absolute atomic E-state index is 0.0371. The molecule has 0 saturated carbocycles. The third-order valence-corrected chi connectivity index (χ3v) is 9.85. The normalized spacial score (nSPS) is 17.8. The van der Waals surface area contributed by atoms with E-state index in [1.54, 1.807) is 9.47 Å². The fourth-order valence-corrected chi connectivity index (χ4v) is 7.71. The van der Waals surface area contributed by atoms with Crippen LogP contribution in [0.4, 0.5) is 0 Å². The fourth-order valence-electron chi connectivity index (χ4n) is 4.00. The molecule has 1 fully saturated rings. The Balaban J connectivity index is 1.85. The maximum atomic E-state index is 13.2. The number of thioether (sulfide) groups is 1. The Bertz CT molecular complexity index is 1140. The number of sulfone groups is 1. The van der Waals surface area contributed by atoms with Gasteiger partial charge in [0, 0.05) is 24.0 Å². The van der Waals surface area contributed by atoms with Gasteiger partial charge in [0.15, 0.2) is 15.0 Å². The molecule has 1 saturated heterocycles. The molecule has 3 rings (SSSR count). The number of thiophene rings is 1. The molecule has 32 heavy (non-hydrogen) atoms. The minimum Gasteiger partial charge on any atom is -0.338 e. The minimum atomic E-state index is -3.07. The Kier molecular flexibility index (Phi) is 8.43. The monoisotopic (exact) mass is 499 g/mol. The maximum Gasteiger partial charge on any atom is 0.263 e. The number of unbranched alkanes of at least 4 members (excludes halogenated alkanes) is 2. The van der Waals surface area contributed by atoms with Crippen LogP contribution in [-0.4, -0.2) is 58.6 Å². The van der Waals surface area contributed by atoms with Gasteiger partial charge in [-0.15, -0.1) is 11.3 Å². The molecule has 1 aliphatic rings. The van der Waals surface area contributed by atoms with Crippen LogP contribution in [0, 0.1) is 13.8 Å². The summed E-state index contributed by atoms with van der Waals surface area (Å²) < 4.78 is 25.6. The van der Waals surface area contributed by atoms with E-state index in [0.29, 0.717) is 30.1 Å². The summed E-state index contributed by atoms with van der Waals surface area (Å²) in [5, 5.41) is 1.25. The van der Waals surface area contributed by atoms with Gasteiger partial charge in [-0.2, -0.15) is 0 Å². The molecule has 0 unspecified atom stereocenters. The van der Waals surface area contributed by atoms with Gasteiger partial charge in [0.25, 0.3) is 5.56 Å². The van der Waals surface area contributed by atoms with Crippen molar-refractivity contribution >= 4 is 49.1 Å². The predicted octanol–water partition coefficient (Wildman–Crippen LogP) is 3.78. The number of aryl methyl sites for hydroxylation is 2. The first-order chi connectivity index (χ1) is 15.2. The number of carbonyl (C=O) groups excluding carboxylic acids is 1. The average Bonchev–Trinajstić information content (AvgIpc) is 3.24. The van der Waals surface area contributed by atoms with Crippen LogP contribution in [0.1, 0.15) is 56.4 Å². The quantitative estimate of drug-likeness (QED) is 0.365. The van der Waals surface area contributed by atoms with Crippen molar-refractivity contribution in [2.75, 3.05) is 23.8 Å². The van der Waals surface area contributed by atoms with E-state index in [2.05, 4.69) is 13.8 Å². The molecule has 0 N–H and O–H groups in total. The third kappa shape index (κ3) is 5.56. The van der Waals surface area contributed by atoms with Gasteiger partial charge in [0.1, 0.15) is 4.83 Å². The average molecular weight is 500 g/mol. The largest absolute Gasteiger partial charge is 0.338 e. The Morgan fingerprint density at radius 2 is 1.97 bits per heavy atom. The molecule has 1 aliphatic heterocycles. The molecular formula is C22H33N3O4S3. The van der Waals surface area contributed by atoms with Gasteiger partial charge in [0.2, 0.25) is 5.91 Å². The first-order valence-corrected chi connectivity index (χ1v) is 14.9. The van der Waals surface area contributed by atoms with Crippen molar-refractivity contribution < 1.29 is 13.2 Å². The third-order valence-electron chi connectivity index (χ3n) is 6.04. The van der Waals surface area contributed by atoms with E-state index in [0.717, 1.165) is 41.0 Å². The van der Waals surface area contributed by atoms with Gasteiger partial charge in [-0.3, -0.25) is 14.2 Å². The maximum absolute atomic E-state index is 13.2. The second-order valence-corrected chi connectivity index (χ2v) is 12.8. The van der Waals surface area contributed by atoms with Crippen LogP contribution in [0.25, 0.3) is 10.2 Å². The van der Waals surface area contributed by atoms with Gasteiger partial charge in [-0.25, -0.2) is 13.4 Å². The van der Waals surface area contributed by atoms with E-state index in [4.69, 9.17) is 4.98 Å². The Hall–Kier alpha value is -1.39. The molecule has 0 aliphatic carbocycles. The summed E-state index contributed by atoms with van der Waals surface area (Å²) in [4.78, 5) is 34.7. The van der Waals surface area contributed by atoms with Crippen molar-refractivity contribution in [2.45, 2.75) is 77.5 Å². The fraction of sp³-hybridized carbons (Fsp3) is 0.682. The van der Waals surface area contributed by atoms with Gasteiger partial charge in [0.05, 0.1) is 22.6 Å². The highest BCUT2D eigenvalue weighted by atomic mass is 32.2. The van der Waals surface area contributed by atoms with Gasteiger partial charge >= 0.3 is 0 Å². The smallest absolute Gasteiger partial charge is 0.263 e. The number of nitrogens with zero attached hydrogens (tertiary/aromatic N) is 3. The topological polar surface area (TPSA) is 89.3 Å². The number of carbonyl (C=O) groups is 1. The summed E-state index contributed by atoms with van der Waals surface area (Å²) in [5.74, 6) is 0.257. The van der Waals surface area contributed by atoms with Crippen molar-refractivity contribution in [3.05, 3.63) is 20.8 Å². The molecule has 1 amide bonds. The Labute approximate surface area is 198 Å². The lowest BCUT2D eigenvalue weighted by Gasteiger charge is -2.28. The molecular weight excluding hydrogens is 466 g/mol. The number of amides is 1. The van der Waals surface area contributed by atoms with Gasteiger partial charge in [-0.05, 0) is 38.7 Å². The highest BCUT2D eigenvalue weighted by molar-refractivity contribution is 7.99. The van der Waals surface area contributed by atoms with Crippen molar-refractivity contribution in [1.29, 1.82) is 0 Å². The summed E-state index contributed by atoms with van der Waals surface area (Å²) in [6, 6.07) is -0.250. The number of hydrogen-bond donors (Lipinski definition) is 0. The van der Waals surface area contributed by atoms with Gasteiger partial charge in [-0.1, -0.05) is 38.5 Å². The lowest BCUT2D eigenvalue weighted by molar-refractivity contribution is -0.130. The number of fused-ring (bicyclic) bond motifs is 1. The van der Waals surface area contributed by atoms with Crippen LogP contribution >= 0.6 is 23.1 Å². The van der Waals surface area contributed by atoms with Crippen LogP contribution in [0.15, 0.2) is 9.95 Å². The van der Waals surface area contributed by atoms with Crippen LogP contribution in [-0.2, 0) is 21.2 Å². The van der Waals surface area contributed by atoms with Crippen molar-refractivity contribution in [3.8, 4) is 0 Å². The molecule has 0 spiro atoms. The Morgan fingerprint density at radius 3 is 2.59 bits per heavy atom. The van der Waals surface area contributed by atoms with Crippen LogP contribution in [0.5, 0.6) is 0 Å². The number of aromatic nitrogens is 2. The zero-order chi connectivity index (χ0) is 23.5. The van der Waals surface area contributed by atoms with Gasteiger partial charge < -0.3 is 4.90 Å². The first kappa shape index (κ1) is 25.2. The molecule has 2 aromatic rings. The van der Waals surface area contributed by atoms with E-state index < -0.39 is 9.84 Å². The molecule has 7 nitrogen and oxygen atoms in total. The van der Waals surface area contributed by atoms with E-state index in [1.165, 1.54) is 23.1 Å². The molecule has 0 aromatic carbocycles. The molecule has 1 atom stereocenters. The van der Waals surface area contributed by atoms with Crippen LogP contribution < -0.4 is 5.56 Å². The molecule has 178 valence electrons. The lowest BCUT2D eigenvalue weighted by Crippen LogP contribution is -2.42. The summed E-state index contributed by atoms with van der Waals surface area (Å²) in [5.41, 5.74) is 0.943. The summed E-state index contributed by atoms with van der Waals surface area (Å²) in [7, 11) is -3.07. The molecule has 0 bridgehead atoms. The van der Waals surface area contributed by atoms with E-state index in [1.807, 2.05) is 13.8 Å². The second kappa shape index (κ2) is 10.7. The highest BCUT2D eigenvalue weighted by Gasteiger charge is 2.34. The zero-order valence-electron chi connectivity index (χ0n) is 19.3. The molecule has 10 heteroatoms. The summed E-state index contributed by atoms with van der Waals surface area (Å²) >= 11 is 2.80.